The minimum Gasteiger partial charge on any atom is -0.467 e. The molecule has 1 aliphatic heterocycles. The van der Waals surface area contributed by atoms with Gasteiger partial charge in [0, 0.05) is 24.5 Å². The molecule has 1 aliphatic rings. The summed E-state index contributed by atoms with van der Waals surface area (Å²) in [6.45, 7) is 1.92. The van der Waals surface area contributed by atoms with Crippen molar-refractivity contribution in [3.05, 3.63) is 18.0 Å². The molecule has 0 bridgehead atoms. The van der Waals surface area contributed by atoms with Gasteiger partial charge in [-0.25, -0.2) is 9.97 Å². The summed E-state index contributed by atoms with van der Waals surface area (Å²) >= 11 is 0. The lowest BCUT2D eigenvalue weighted by molar-refractivity contribution is 0.0210. The molecule has 0 radical (unpaired) electrons. The van der Waals surface area contributed by atoms with Crippen molar-refractivity contribution < 1.29 is 9.84 Å². The summed E-state index contributed by atoms with van der Waals surface area (Å²) in [6, 6.07) is 0.336. The number of methoxy groups -OCH3 is 1. The van der Waals surface area contributed by atoms with Crippen molar-refractivity contribution in [2.75, 3.05) is 27.2 Å². The van der Waals surface area contributed by atoms with Gasteiger partial charge in [0.05, 0.1) is 12.7 Å². The summed E-state index contributed by atoms with van der Waals surface area (Å²) in [5.41, 5.74) is -0.00887. The van der Waals surface area contributed by atoms with Gasteiger partial charge in [-0.15, -0.1) is 0 Å². The Kier molecular flexibility index (Phi) is 3.59. The molecule has 2 rings (SSSR count). The van der Waals surface area contributed by atoms with E-state index in [1.54, 1.807) is 12.4 Å². The van der Waals surface area contributed by atoms with Gasteiger partial charge in [0.2, 0.25) is 0 Å². The molecule has 0 aromatic carbocycles. The number of hydrogen-bond acceptors (Lipinski definition) is 5. The molecule has 0 amide bonds. The highest BCUT2D eigenvalue weighted by atomic mass is 16.5. The predicted molar refractivity (Wildman–Crippen MR) is 63.8 cm³/mol. The van der Waals surface area contributed by atoms with Crippen LogP contribution in [0.2, 0.25) is 0 Å². The van der Waals surface area contributed by atoms with Crippen molar-refractivity contribution in [3.63, 3.8) is 0 Å². The third-order valence-electron chi connectivity index (χ3n) is 3.39. The molecule has 1 saturated heterocycles. The van der Waals surface area contributed by atoms with Crippen LogP contribution in [0.25, 0.3) is 0 Å². The molecule has 1 aromatic heterocycles. The van der Waals surface area contributed by atoms with Gasteiger partial charge in [0.1, 0.15) is 0 Å². The zero-order chi connectivity index (χ0) is 12.3. The maximum Gasteiger partial charge on any atom is 0.316 e. The Balaban J connectivity index is 2.17. The molecule has 1 unspecified atom stereocenters. The Bertz CT molecular complexity index is 369. The Labute approximate surface area is 101 Å². The smallest absolute Gasteiger partial charge is 0.316 e. The SMILES string of the molecule is COc1ncc(C2(O)CCCN(C)CC2)cn1. The fourth-order valence-electron chi connectivity index (χ4n) is 2.20. The van der Waals surface area contributed by atoms with Crippen molar-refractivity contribution in [2.24, 2.45) is 0 Å². The number of aromatic nitrogens is 2. The second kappa shape index (κ2) is 4.98. The van der Waals surface area contributed by atoms with Gasteiger partial charge in [0.25, 0.3) is 0 Å². The summed E-state index contributed by atoms with van der Waals surface area (Å²) in [5.74, 6) is 0. The van der Waals surface area contributed by atoms with E-state index < -0.39 is 5.60 Å². The Morgan fingerprint density at radius 3 is 2.65 bits per heavy atom. The van der Waals surface area contributed by atoms with Gasteiger partial charge in [-0.2, -0.15) is 0 Å². The van der Waals surface area contributed by atoms with Crippen molar-refractivity contribution in [3.8, 4) is 6.01 Å². The third kappa shape index (κ3) is 2.73. The maximum atomic E-state index is 10.7. The average Bonchev–Trinajstić information content (AvgIpc) is 2.53. The number of likely N-dealkylation sites (tertiary alicyclic amines) is 1. The standard InChI is InChI=1S/C12H19N3O2/c1-15-6-3-4-12(16,5-7-15)10-8-13-11(17-2)14-9-10/h8-9,16H,3-7H2,1-2H3. The molecule has 0 saturated carbocycles. The van der Waals surface area contributed by atoms with Crippen LogP contribution in [0.4, 0.5) is 0 Å². The summed E-state index contributed by atoms with van der Waals surface area (Å²) in [5, 5.41) is 10.7. The molecule has 94 valence electrons. The van der Waals surface area contributed by atoms with Crippen molar-refractivity contribution >= 4 is 0 Å². The zero-order valence-electron chi connectivity index (χ0n) is 10.4. The molecule has 0 aliphatic carbocycles. The van der Waals surface area contributed by atoms with Crippen molar-refractivity contribution in [2.45, 2.75) is 24.9 Å². The summed E-state index contributed by atoms with van der Waals surface area (Å²) in [6.07, 6.45) is 5.79. The molecular weight excluding hydrogens is 218 g/mol. The van der Waals surface area contributed by atoms with E-state index in [4.69, 9.17) is 4.74 Å². The zero-order valence-corrected chi connectivity index (χ0v) is 10.4. The first-order valence-corrected chi connectivity index (χ1v) is 5.91. The molecule has 1 aromatic rings. The maximum absolute atomic E-state index is 10.7. The highest BCUT2D eigenvalue weighted by molar-refractivity contribution is 5.17. The summed E-state index contributed by atoms with van der Waals surface area (Å²) in [4.78, 5) is 10.4. The first-order chi connectivity index (χ1) is 8.14. The molecule has 17 heavy (non-hydrogen) atoms. The van der Waals surface area contributed by atoms with Crippen LogP contribution < -0.4 is 4.74 Å². The quantitative estimate of drug-likeness (QED) is 0.824. The fourth-order valence-corrected chi connectivity index (χ4v) is 2.20. The second-order valence-electron chi connectivity index (χ2n) is 4.65. The Morgan fingerprint density at radius 1 is 1.29 bits per heavy atom. The first kappa shape index (κ1) is 12.3. The van der Waals surface area contributed by atoms with E-state index in [-0.39, 0.29) is 0 Å². The minimum atomic E-state index is -0.795. The normalized spacial score (nSPS) is 26.5. The van der Waals surface area contributed by atoms with Crippen molar-refractivity contribution in [1.82, 2.24) is 14.9 Å². The van der Waals surface area contributed by atoms with Crippen LogP contribution in [-0.2, 0) is 5.60 Å². The lowest BCUT2D eigenvalue weighted by Gasteiger charge is -2.26. The molecule has 1 N–H and O–H groups in total. The van der Waals surface area contributed by atoms with Crippen LogP contribution in [-0.4, -0.2) is 47.2 Å². The van der Waals surface area contributed by atoms with E-state index in [0.717, 1.165) is 37.9 Å². The highest BCUT2D eigenvalue weighted by Gasteiger charge is 2.31. The van der Waals surface area contributed by atoms with Gasteiger partial charge in [-0.3, -0.25) is 0 Å². The van der Waals surface area contributed by atoms with Gasteiger partial charge >= 0.3 is 6.01 Å². The van der Waals surface area contributed by atoms with E-state index in [1.807, 2.05) is 0 Å². The third-order valence-corrected chi connectivity index (χ3v) is 3.39. The van der Waals surface area contributed by atoms with Gasteiger partial charge < -0.3 is 14.7 Å². The monoisotopic (exact) mass is 237 g/mol. The van der Waals surface area contributed by atoms with Crippen LogP contribution in [0.15, 0.2) is 12.4 Å². The molecule has 2 heterocycles. The largest absolute Gasteiger partial charge is 0.467 e. The topological polar surface area (TPSA) is 58.5 Å². The van der Waals surface area contributed by atoms with Gasteiger partial charge in [-0.1, -0.05) is 0 Å². The number of aliphatic hydroxyl groups is 1. The molecule has 1 fully saturated rings. The fraction of sp³-hybridized carbons (Fsp3) is 0.667. The number of hydrogen-bond donors (Lipinski definition) is 1. The summed E-state index contributed by atoms with van der Waals surface area (Å²) < 4.78 is 4.92. The van der Waals surface area contributed by atoms with E-state index in [1.165, 1.54) is 7.11 Å². The Morgan fingerprint density at radius 2 is 2.00 bits per heavy atom. The molecule has 5 heteroatoms. The first-order valence-electron chi connectivity index (χ1n) is 5.91. The summed E-state index contributed by atoms with van der Waals surface area (Å²) in [7, 11) is 3.61. The van der Waals surface area contributed by atoms with E-state index in [0.29, 0.717) is 6.01 Å². The van der Waals surface area contributed by atoms with Crippen LogP contribution in [0.1, 0.15) is 24.8 Å². The molecular formula is C12H19N3O2. The number of rotatable bonds is 2. The minimum absolute atomic E-state index is 0.336. The Hall–Kier alpha value is -1.20. The average molecular weight is 237 g/mol. The molecule has 1 atom stereocenters. The lowest BCUT2D eigenvalue weighted by atomic mass is 9.89. The van der Waals surface area contributed by atoms with Gasteiger partial charge in [0.15, 0.2) is 0 Å². The highest BCUT2D eigenvalue weighted by Crippen LogP contribution is 2.31. The van der Waals surface area contributed by atoms with Crippen LogP contribution in [0, 0.1) is 0 Å². The van der Waals surface area contributed by atoms with E-state index >= 15 is 0 Å². The molecule has 5 nitrogen and oxygen atoms in total. The number of ether oxygens (including phenoxy) is 1. The van der Waals surface area contributed by atoms with Crippen LogP contribution in [0.5, 0.6) is 6.01 Å². The number of nitrogens with zero attached hydrogens (tertiary/aromatic N) is 3. The van der Waals surface area contributed by atoms with Crippen LogP contribution >= 0.6 is 0 Å². The van der Waals surface area contributed by atoms with E-state index in [9.17, 15) is 5.11 Å². The second-order valence-corrected chi connectivity index (χ2v) is 4.65. The van der Waals surface area contributed by atoms with E-state index in [2.05, 4.69) is 21.9 Å². The van der Waals surface area contributed by atoms with Gasteiger partial charge in [-0.05, 0) is 32.9 Å². The van der Waals surface area contributed by atoms with Crippen LogP contribution in [0.3, 0.4) is 0 Å². The lowest BCUT2D eigenvalue weighted by Crippen LogP contribution is -2.28. The predicted octanol–water partition coefficient (Wildman–Crippen LogP) is 0.788. The van der Waals surface area contributed by atoms with Crippen molar-refractivity contribution in [1.29, 1.82) is 0 Å². The molecule has 0 spiro atoms.